The van der Waals surface area contributed by atoms with Crippen LogP contribution in [0.3, 0.4) is 0 Å². The Kier molecular flexibility index (Phi) is 3.13. The molecule has 0 bridgehead atoms. The molecule has 2 aromatic rings. The van der Waals surface area contributed by atoms with E-state index in [0.717, 1.165) is 24.4 Å². The quantitative estimate of drug-likeness (QED) is 0.888. The van der Waals surface area contributed by atoms with E-state index in [9.17, 15) is 0 Å². The van der Waals surface area contributed by atoms with Crippen LogP contribution in [0.25, 0.3) is 11.0 Å². The molecule has 0 saturated heterocycles. The zero-order chi connectivity index (χ0) is 12.5. The molecule has 2 heteroatoms. The van der Waals surface area contributed by atoms with Crippen LogP contribution in [0.15, 0.2) is 16.5 Å². The van der Waals surface area contributed by atoms with Crippen molar-refractivity contribution in [1.82, 2.24) is 5.32 Å². The van der Waals surface area contributed by atoms with Crippen LogP contribution in [-0.2, 0) is 19.4 Å². The van der Waals surface area contributed by atoms with Crippen molar-refractivity contribution in [3.05, 3.63) is 34.6 Å². The molecule has 0 saturated carbocycles. The summed E-state index contributed by atoms with van der Waals surface area (Å²) in [6.07, 6.45) is 5.11. The monoisotopic (exact) mass is 243 g/mol. The molecular formula is C16H21NO. The van der Waals surface area contributed by atoms with Gasteiger partial charge < -0.3 is 9.73 Å². The van der Waals surface area contributed by atoms with E-state index in [1.54, 1.807) is 0 Å². The lowest BCUT2D eigenvalue weighted by atomic mass is 9.90. The van der Waals surface area contributed by atoms with Crippen LogP contribution in [0.5, 0.6) is 0 Å². The molecule has 0 radical (unpaired) electrons. The molecule has 0 amide bonds. The molecule has 0 spiro atoms. The van der Waals surface area contributed by atoms with E-state index in [0.29, 0.717) is 0 Å². The van der Waals surface area contributed by atoms with Crippen molar-refractivity contribution in [2.75, 3.05) is 6.54 Å². The summed E-state index contributed by atoms with van der Waals surface area (Å²) >= 11 is 0. The van der Waals surface area contributed by atoms with Crippen LogP contribution in [0.1, 0.15) is 42.2 Å². The highest BCUT2D eigenvalue weighted by atomic mass is 16.3. The van der Waals surface area contributed by atoms with Gasteiger partial charge in [0.15, 0.2) is 0 Å². The van der Waals surface area contributed by atoms with Crippen molar-refractivity contribution in [2.45, 2.75) is 46.1 Å². The fourth-order valence-corrected chi connectivity index (χ4v) is 2.91. The normalized spacial score (nSPS) is 15.0. The maximum absolute atomic E-state index is 6.00. The number of aryl methyl sites for hydroxylation is 3. The Bertz CT molecular complexity index is 568. The second kappa shape index (κ2) is 4.77. The Hall–Kier alpha value is -1.28. The topological polar surface area (TPSA) is 25.2 Å². The maximum atomic E-state index is 6.00. The van der Waals surface area contributed by atoms with Crippen LogP contribution in [-0.4, -0.2) is 6.54 Å². The first-order valence-electron chi connectivity index (χ1n) is 7.04. The summed E-state index contributed by atoms with van der Waals surface area (Å²) in [4.78, 5) is 0. The van der Waals surface area contributed by atoms with Gasteiger partial charge in [-0.3, -0.25) is 0 Å². The average molecular weight is 243 g/mol. The maximum Gasteiger partial charge on any atom is 0.134 e. The summed E-state index contributed by atoms with van der Waals surface area (Å²) in [6.45, 7) is 6.11. The first-order chi connectivity index (χ1) is 8.79. The van der Waals surface area contributed by atoms with E-state index in [-0.39, 0.29) is 0 Å². The largest absolute Gasteiger partial charge is 0.459 e. The fourth-order valence-electron chi connectivity index (χ4n) is 2.91. The van der Waals surface area contributed by atoms with E-state index in [4.69, 9.17) is 4.42 Å². The minimum Gasteiger partial charge on any atom is -0.459 e. The molecule has 1 aromatic carbocycles. The van der Waals surface area contributed by atoms with Gasteiger partial charge in [0.25, 0.3) is 0 Å². The molecule has 3 rings (SSSR count). The molecule has 1 N–H and O–H groups in total. The standard InChI is InChI=1S/C16H21NO/c1-3-17-10-16-11(2)14-8-12-6-4-5-7-13(12)9-15(14)18-16/h8-9,17H,3-7,10H2,1-2H3. The van der Waals surface area contributed by atoms with Gasteiger partial charge in [-0.2, -0.15) is 0 Å². The van der Waals surface area contributed by atoms with E-state index < -0.39 is 0 Å². The summed E-state index contributed by atoms with van der Waals surface area (Å²) in [7, 11) is 0. The van der Waals surface area contributed by atoms with Gasteiger partial charge in [0, 0.05) is 5.39 Å². The van der Waals surface area contributed by atoms with E-state index >= 15 is 0 Å². The molecular weight excluding hydrogens is 222 g/mol. The van der Waals surface area contributed by atoms with Crippen molar-refractivity contribution in [3.63, 3.8) is 0 Å². The third-order valence-corrected chi connectivity index (χ3v) is 4.04. The van der Waals surface area contributed by atoms with Crippen molar-refractivity contribution in [1.29, 1.82) is 0 Å². The first-order valence-corrected chi connectivity index (χ1v) is 7.04. The van der Waals surface area contributed by atoms with Crippen LogP contribution < -0.4 is 5.32 Å². The van der Waals surface area contributed by atoms with Crippen LogP contribution in [0, 0.1) is 6.92 Å². The number of rotatable bonds is 3. The minimum absolute atomic E-state index is 0.835. The Morgan fingerprint density at radius 3 is 2.61 bits per heavy atom. The number of hydrogen-bond donors (Lipinski definition) is 1. The van der Waals surface area contributed by atoms with Gasteiger partial charge in [0.1, 0.15) is 11.3 Å². The highest BCUT2D eigenvalue weighted by molar-refractivity contribution is 5.83. The molecule has 0 aliphatic heterocycles. The molecule has 2 nitrogen and oxygen atoms in total. The van der Waals surface area contributed by atoms with Gasteiger partial charge in [0.05, 0.1) is 6.54 Å². The van der Waals surface area contributed by atoms with Crippen LogP contribution in [0.4, 0.5) is 0 Å². The van der Waals surface area contributed by atoms with Gasteiger partial charge in [-0.05, 0) is 68.0 Å². The van der Waals surface area contributed by atoms with Gasteiger partial charge >= 0.3 is 0 Å². The number of furan rings is 1. The van der Waals surface area contributed by atoms with Gasteiger partial charge in [-0.1, -0.05) is 6.92 Å². The van der Waals surface area contributed by atoms with Crippen molar-refractivity contribution >= 4 is 11.0 Å². The Balaban J connectivity index is 2.06. The first kappa shape index (κ1) is 11.8. The average Bonchev–Trinajstić information content (AvgIpc) is 2.70. The Morgan fingerprint density at radius 1 is 1.17 bits per heavy atom. The predicted octanol–water partition coefficient (Wildman–Crippen LogP) is 3.73. The third kappa shape index (κ3) is 1.95. The summed E-state index contributed by atoms with van der Waals surface area (Å²) < 4.78 is 6.00. The SMILES string of the molecule is CCNCc1oc2cc3c(cc2c1C)CCCC3. The minimum atomic E-state index is 0.835. The molecule has 1 aliphatic rings. The molecule has 0 unspecified atom stereocenters. The van der Waals surface area contributed by atoms with E-state index in [1.807, 2.05) is 0 Å². The van der Waals surface area contributed by atoms with Crippen molar-refractivity contribution < 1.29 is 4.42 Å². The number of nitrogens with one attached hydrogen (secondary N) is 1. The lowest BCUT2D eigenvalue weighted by molar-refractivity contribution is 0.516. The molecule has 1 aromatic heterocycles. The molecule has 0 atom stereocenters. The summed E-state index contributed by atoms with van der Waals surface area (Å²) in [5.74, 6) is 1.09. The highest BCUT2D eigenvalue weighted by Crippen LogP contribution is 2.31. The zero-order valence-corrected chi connectivity index (χ0v) is 11.3. The molecule has 0 fully saturated rings. The second-order valence-electron chi connectivity index (χ2n) is 5.25. The number of fused-ring (bicyclic) bond motifs is 2. The predicted molar refractivity (Wildman–Crippen MR) is 75.0 cm³/mol. The molecule has 1 aliphatic carbocycles. The fraction of sp³-hybridized carbons (Fsp3) is 0.500. The highest BCUT2D eigenvalue weighted by Gasteiger charge is 2.15. The lowest BCUT2D eigenvalue weighted by Gasteiger charge is -2.14. The van der Waals surface area contributed by atoms with Crippen LogP contribution in [0.2, 0.25) is 0 Å². The van der Waals surface area contributed by atoms with Gasteiger partial charge in [-0.15, -0.1) is 0 Å². The summed E-state index contributed by atoms with van der Waals surface area (Å²) in [5, 5.41) is 4.65. The molecule has 1 heterocycles. The van der Waals surface area contributed by atoms with Crippen LogP contribution >= 0.6 is 0 Å². The van der Waals surface area contributed by atoms with E-state index in [2.05, 4.69) is 31.3 Å². The lowest BCUT2D eigenvalue weighted by Crippen LogP contribution is -2.11. The second-order valence-corrected chi connectivity index (χ2v) is 5.25. The van der Waals surface area contributed by atoms with E-state index in [1.165, 1.54) is 47.8 Å². The van der Waals surface area contributed by atoms with Gasteiger partial charge in [-0.25, -0.2) is 0 Å². The third-order valence-electron chi connectivity index (χ3n) is 4.04. The smallest absolute Gasteiger partial charge is 0.134 e. The van der Waals surface area contributed by atoms with Crippen molar-refractivity contribution in [3.8, 4) is 0 Å². The van der Waals surface area contributed by atoms with Crippen molar-refractivity contribution in [2.24, 2.45) is 0 Å². The summed E-state index contributed by atoms with van der Waals surface area (Å²) in [6, 6.07) is 4.63. The Labute approximate surface area is 108 Å². The summed E-state index contributed by atoms with van der Waals surface area (Å²) in [5.41, 5.74) is 5.41. The number of benzene rings is 1. The molecule has 18 heavy (non-hydrogen) atoms. The zero-order valence-electron chi connectivity index (χ0n) is 11.3. The Morgan fingerprint density at radius 2 is 1.89 bits per heavy atom. The molecule has 96 valence electrons. The van der Waals surface area contributed by atoms with Gasteiger partial charge in [0.2, 0.25) is 0 Å². The number of hydrogen-bond acceptors (Lipinski definition) is 2.